The lowest BCUT2D eigenvalue weighted by atomic mass is 10.2. The summed E-state index contributed by atoms with van der Waals surface area (Å²) in [4.78, 5) is 18.4. The molecule has 1 aromatic heterocycles. The van der Waals surface area contributed by atoms with E-state index in [4.69, 9.17) is 9.47 Å². The Balaban J connectivity index is 1.86. The van der Waals surface area contributed by atoms with Gasteiger partial charge in [-0.3, -0.25) is 9.88 Å². The number of halogens is 1. The second kappa shape index (κ2) is 8.08. The molecule has 0 saturated carbocycles. The van der Waals surface area contributed by atoms with Crippen LogP contribution in [0.4, 0.5) is 4.79 Å². The van der Waals surface area contributed by atoms with Crippen molar-refractivity contribution in [1.82, 2.24) is 15.2 Å². The third-order valence-electron chi connectivity index (χ3n) is 3.33. The molecule has 1 N–H and O–H groups in total. The van der Waals surface area contributed by atoms with Crippen LogP contribution in [0.1, 0.15) is 26.5 Å². The van der Waals surface area contributed by atoms with Crippen molar-refractivity contribution in [3.63, 3.8) is 0 Å². The summed E-state index contributed by atoms with van der Waals surface area (Å²) < 4.78 is 11.9. The average molecular weight is 386 g/mol. The van der Waals surface area contributed by atoms with Gasteiger partial charge in [0.05, 0.1) is 24.9 Å². The minimum absolute atomic E-state index is 0.0333. The Labute approximate surface area is 145 Å². The van der Waals surface area contributed by atoms with Crippen molar-refractivity contribution in [2.75, 3.05) is 26.3 Å². The van der Waals surface area contributed by atoms with Crippen LogP contribution in [0.25, 0.3) is 0 Å². The van der Waals surface area contributed by atoms with Gasteiger partial charge in [0.25, 0.3) is 0 Å². The second-order valence-electron chi connectivity index (χ2n) is 6.50. The van der Waals surface area contributed by atoms with Crippen LogP contribution in [-0.2, 0) is 16.0 Å². The Morgan fingerprint density at radius 1 is 1.52 bits per heavy atom. The van der Waals surface area contributed by atoms with Crippen molar-refractivity contribution in [1.29, 1.82) is 0 Å². The largest absolute Gasteiger partial charge is 0.444 e. The number of ether oxygens (including phenoxy) is 2. The standard InChI is InChI=1S/C16H24BrN3O3/c1-16(2,3)23-15(21)20-6-7-22-11-14(20)10-18-9-13-5-4-12(17)8-19-13/h4-5,8,14,18H,6-7,9-11H2,1-3H3. The number of pyridine rings is 1. The molecule has 2 rings (SSSR count). The Kier molecular flexibility index (Phi) is 6.38. The minimum atomic E-state index is -0.491. The molecule has 1 atom stereocenters. The van der Waals surface area contributed by atoms with Crippen molar-refractivity contribution in [2.24, 2.45) is 0 Å². The zero-order valence-electron chi connectivity index (χ0n) is 13.8. The molecule has 128 valence electrons. The molecule has 1 amide bonds. The van der Waals surface area contributed by atoms with Crippen molar-refractivity contribution in [2.45, 2.75) is 39.0 Å². The Morgan fingerprint density at radius 3 is 2.96 bits per heavy atom. The van der Waals surface area contributed by atoms with Gasteiger partial charge >= 0.3 is 6.09 Å². The molecule has 2 heterocycles. The predicted octanol–water partition coefficient (Wildman–Crippen LogP) is 2.57. The number of morpholine rings is 1. The third-order valence-corrected chi connectivity index (χ3v) is 3.80. The van der Waals surface area contributed by atoms with Gasteiger partial charge in [0.1, 0.15) is 5.60 Å². The van der Waals surface area contributed by atoms with Crippen LogP contribution in [-0.4, -0.2) is 53.9 Å². The van der Waals surface area contributed by atoms with Gasteiger partial charge in [-0.25, -0.2) is 4.79 Å². The Hall–Kier alpha value is -1.18. The summed E-state index contributed by atoms with van der Waals surface area (Å²) in [6.45, 7) is 8.51. The first-order chi connectivity index (χ1) is 10.8. The molecule has 1 fully saturated rings. The highest BCUT2D eigenvalue weighted by Crippen LogP contribution is 2.14. The Morgan fingerprint density at radius 2 is 2.30 bits per heavy atom. The van der Waals surface area contributed by atoms with Gasteiger partial charge in [-0.2, -0.15) is 0 Å². The van der Waals surface area contributed by atoms with Gasteiger partial charge < -0.3 is 14.8 Å². The van der Waals surface area contributed by atoms with Crippen LogP contribution >= 0.6 is 15.9 Å². The molecule has 1 aliphatic heterocycles. The summed E-state index contributed by atoms with van der Waals surface area (Å²) in [5.74, 6) is 0. The van der Waals surface area contributed by atoms with Crippen molar-refractivity contribution < 1.29 is 14.3 Å². The van der Waals surface area contributed by atoms with E-state index in [1.54, 1.807) is 11.1 Å². The number of carbonyl (C=O) groups is 1. The summed E-state index contributed by atoms with van der Waals surface area (Å²) in [5, 5.41) is 3.33. The predicted molar refractivity (Wildman–Crippen MR) is 91.2 cm³/mol. The van der Waals surface area contributed by atoms with Crippen LogP contribution in [0, 0.1) is 0 Å². The molecule has 0 aliphatic carbocycles. The van der Waals surface area contributed by atoms with Crippen LogP contribution in [0.3, 0.4) is 0 Å². The van der Waals surface area contributed by atoms with E-state index in [1.165, 1.54) is 0 Å². The fourth-order valence-corrected chi connectivity index (χ4v) is 2.50. The monoisotopic (exact) mass is 385 g/mol. The summed E-state index contributed by atoms with van der Waals surface area (Å²) in [6.07, 6.45) is 1.49. The van der Waals surface area contributed by atoms with E-state index in [0.29, 0.717) is 32.8 Å². The van der Waals surface area contributed by atoms with Gasteiger partial charge in [-0.1, -0.05) is 0 Å². The topological polar surface area (TPSA) is 63.7 Å². The summed E-state index contributed by atoms with van der Waals surface area (Å²) in [5.41, 5.74) is 0.461. The fraction of sp³-hybridized carbons (Fsp3) is 0.625. The van der Waals surface area contributed by atoms with Crippen LogP contribution in [0.5, 0.6) is 0 Å². The quantitative estimate of drug-likeness (QED) is 0.862. The maximum Gasteiger partial charge on any atom is 0.410 e. The summed E-state index contributed by atoms with van der Waals surface area (Å²) in [6, 6.07) is 3.88. The summed E-state index contributed by atoms with van der Waals surface area (Å²) >= 11 is 3.37. The highest BCUT2D eigenvalue weighted by molar-refractivity contribution is 9.10. The number of amides is 1. The molecule has 0 aromatic carbocycles. The number of aromatic nitrogens is 1. The first-order valence-electron chi connectivity index (χ1n) is 7.74. The highest BCUT2D eigenvalue weighted by atomic mass is 79.9. The number of nitrogens with zero attached hydrogens (tertiary/aromatic N) is 2. The zero-order chi connectivity index (χ0) is 16.9. The lowest BCUT2D eigenvalue weighted by molar-refractivity contribution is -0.0317. The van der Waals surface area contributed by atoms with Gasteiger partial charge in [0, 0.05) is 30.3 Å². The molecule has 6 nitrogen and oxygen atoms in total. The van der Waals surface area contributed by atoms with E-state index >= 15 is 0 Å². The SMILES string of the molecule is CC(C)(C)OC(=O)N1CCOCC1CNCc1ccc(Br)cn1. The lowest BCUT2D eigenvalue weighted by Gasteiger charge is -2.36. The maximum absolute atomic E-state index is 12.3. The van der Waals surface area contributed by atoms with E-state index in [-0.39, 0.29) is 12.1 Å². The normalized spacial score (nSPS) is 18.8. The molecule has 1 unspecified atom stereocenters. The van der Waals surface area contributed by atoms with Crippen molar-refractivity contribution >= 4 is 22.0 Å². The second-order valence-corrected chi connectivity index (χ2v) is 7.42. The number of rotatable bonds is 4. The van der Waals surface area contributed by atoms with Gasteiger partial charge in [0.2, 0.25) is 0 Å². The van der Waals surface area contributed by atoms with Crippen LogP contribution < -0.4 is 5.32 Å². The highest BCUT2D eigenvalue weighted by Gasteiger charge is 2.30. The number of nitrogens with one attached hydrogen (secondary N) is 1. The number of carbonyl (C=O) groups excluding carboxylic acids is 1. The van der Waals surface area contributed by atoms with E-state index in [2.05, 4.69) is 26.2 Å². The summed E-state index contributed by atoms with van der Waals surface area (Å²) in [7, 11) is 0. The van der Waals surface area contributed by atoms with E-state index in [0.717, 1.165) is 10.2 Å². The molecule has 0 bridgehead atoms. The lowest BCUT2D eigenvalue weighted by Crippen LogP contribution is -2.54. The molecular weight excluding hydrogens is 362 g/mol. The van der Waals surface area contributed by atoms with E-state index < -0.39 is 5.60 Å². The molecule has 23 heavy (non-hydrogen) atoms. The first-order valence-corrected chi connectivity index (χ1v) is 8.53. The van der Waals surface area contributed by atoms with Gasteiger partial charge in [-0.15, -0.1) is 0 Å². The molecule has 1 aromatic rings. The third kappa shape index (κ3) is 6.08. The molecule has 0 radical (unpaired) electrons. The van der Waals surface area contributed by atoms with Crippen LogP contribution in [0.2, 0.25) is 0 Å². The number of hydrogen-bond donors (Lipinski definition) is 1. The maximum atomic E-state index is 12.3. The van der Waals surface area contributed by atoms with Crippen LogP contribution in [0.15, 0.2) is 22.8 Å². The average Bonchev–Trinajstić information content (AvgIpc) is 2.48. The number of hydrogen-bond acceptors (Lipinski definition) is 5. The zero-order valence-corrected chi connectivity index (χ0v) is 15.4. The van der Waals surface area contributed by atoms with E-state index in [1.807, 2.05) is 32.9 Å². The van der Waals surface area contributed by atoms with E-state index in [9.17, 15) is 4.79 Å². The Bertz CT molecular complexity index is 516. The molecule has 0 spiro atoms. The minimum Gasteiger partial charge on any atom is -0.444 e. The fourth-order valence-electron chi connectivity index (χ4n) is 2.26. The molecule has 7 heteroatoms. The first kappa shape index (κ1) is 18.2. The molecule has 1 aliphatic rings. The van der Waals surface area contributed by atoms with Gasteiger partial charge in [-0.05, 0) is 48.8 Å². The molecular formula is C16H24BrN3O3. The van der Waals surface area contributed by atoms with Crippen molar-refractivity contribution in [3.8, 4) is 0 Å². The van der Waals surface area contributed by atoms with Crippen molar-refractivity contribution in [3.05, 3.63) is 28.5 Å². The smallest absolute Gasteiger partial charge is 0.410 e. The molecule has 1 saturated heterocycles. The van der Waals surface area contributed by atoms with Gasteiger partial charge in [0.15, 0.2) is 0 Å².